The summed E-state index contributed by atoms with van der Waals surface area (Å²) in [6, 6.07) is 4.00. The predicted molar refractivity (Wildman–Crippen MR) is 87.3 cm³/mol. The second-order valence-corrected chi connectivity index (χ2v) is 7.31. The van der Waals surface area contributed by atoms with Crippen LogP contribution in [0.3, 0.4) is 0 Å². The number of hydrogen-bond donors (Lipinski definition) is 0. The number of nitrogens with zero attached hydrogens (tertiary/aromatic N) is 2. The maximum absolute atomic E-state index is 6.54. The summed E-state index contributed by atoms with van der Waals surface area (Å²) in [6.45, 7) is 7.84. The third-order valence-corrected chi connectivity index (χ3v) is 5.39. The Labute approximate surface area is 138 Å². The molecule has 2 atom stereocenters. The monoisotopic (exact) mass is 320 g/mol. The number of likely N-dealkylation sites (tertiary alicyclic amines) is 1. The van der Waals surface area contributed by atoms with Crippen LogP contribution >= 0.6 is 0 Å². The maximum atomic E-state index is 6.54. The molecule has 3 aliphatic heterocycles. The molecule has 0 bridgehead atoms. The van der Waals surface area contributed by atoms with E-state index >= 15 is 0 Å². The first-order valence-corrected chi connectivity index (χ1v) is 9.04. The van der Waals surface area contributed by atoms with Crippen LogP contribution in [0.15, 0.2) is 22.8 Å². The average molecular weight is 320 g/mol. The van der Waals surface area contributed by atoms with Gasteiger partial charge in [-0.15, -0.1) is 0 Å². The van der Waals surface area contributed by atoms with Gasteiger partial charge in [-0.05, 0) is 50.9 Å². The van der Waals surface area contributed by atoms with Gasteiger partial charge in [0.1, 0.15) is 11.4 Å². The number of rotatable bonds is 4. The lowest BCUT2D eigenvalue weighted by atomic mass is 10.00. The topological polar surface area (TPSA) is 38.1 Å². The fraction of sp³-hybridized carbons (Fsp3) is 0.778. The Bertz CT molecular complexity index is 486. The molecule has 128 valence electrons. The van der Waals surface area contributed by atoms with Gasteiger partial charge in [0.05, 0.1) is 32.1 Å². The highest BCUT2D eigenvalue weighted by molar-refractivity contribution is 5.00. The van der Waals surface area contributed by atoms with Crippen molar-refractivity contribution in [2.24, 2.45) is 0 Å². The lowest BCUT2D eigenvalue weighted by Gasteiger charge is -2.32. The van der Waals surface area contributed by atoms with Crippen molar-refractivity contribution in [3.05, 3.63) is 24.2 Å². The van der Waals surface area contributed by atoms with E-state index < -0.39 is 0 Å². The van der Waals surface area contributed by atoms with Crippen molar-refractivity contribution in [3.8, 4) is 0 Å². The van der Waals surface area contributed by atoms with E-state index in [1.165, 1.54) is 25.9 Å². The Morgan fingerprint density at radius 1 is 1.17 bits per heavy atom. The lowest BCUT2D eigenvalue weighted by Crippen LogP contribution is -2.45. The summed E-state index contributed by atoms with van der Waals surface area (Å²) in [5, 5.41) is 0. The van der Waals surface area contributed by atoms with E-state index in [4.69, 9.17) is 13.9 Å². The quantitative estimate of drug-likeness (QED) is 0.850. The first-order valence-electron chi connectivity index (χ1n) is 9.04. The summed E-state index contributed by atoms with van der Waals surface area (Å²) in [5.41, 5.74) is -0.118. The van der Waals surface area contributed by atoms with Crippen LogP contribution in [0.1, 0.15) is 31.4 Å². The van der Waals surface area contributed by atoms with Gasteiger partial charge in [-0.1, -0.05) is 0 Å². The maximum Gasteiger partial charge on any atom is 0.117 e. The lowest BCUT2D eigenvalue weighted by molar-refractivity contribution is -0.0916. The predicted octanol–water partition coefficient (Wildman–Crippen LogP) is 2.13. The van der Waals surface area contributed by atoms with Crippen LogP contribution in [0.2, 0.25) is 0 Å². The normalized spacial score (nSPS) is 33.5. The highest BCUT2D eigenvalue weighted by Crippen LogP contribution is 2.34. The molecule has 0 radical (unpaired) electrons. The molecule has 0 N–H and O–H groups in total. The molecule has 5 nitrogen and oxygen atoms in total. The highest BCUT2D eigenvalue weighted by Gasteiger charge is 2.43. The van der Waals surface area contributed by atoms with Gasteiger partial charge in [0.25, 0.3) is 0 Å². The molecular formula is C18H28N2O3. The zero-order valence-electron chi connectivity index (χ0n) is 13.9. The Morgan fingerprint density at radius 3 is 2.91 bits per heavy atom. The molecule has 3 fully saturated rings. The van der Waals surface area contributed by atoms with Crippen LogP contribution in [-0.4, -0.2) is 67.4 Å². The fourth-order valence-electron chi connectivity index (χ4n) is 4.24. The molecule has 0 aromatic carbocycles. The Kier molecular flexibility index (Phi) is 4.71. The third kappa shape index (κ3) is 3.79. The summed E-state index contributed by atoms with van der Waals surface area (Å²) in [5.74, 6) is 1.02. The molecule has 0 saturated carbocycles. The summed E-state index contributed by atoms with van der Waals surface area (Å²) in [4.78, 5) is 4.98. The largest absolute Gasteiger partial charge is 0.468 e. The van der Waals surface area contributed by atoms with E-state index in [-0.39, 0.29) is 5.60 Å². The van der Waals surface area contributed by atoms with E-state index in [1.54, 1.807) is 6.26 Å². The minimum Gasteiger partial charge on any atom is -0.468 e. The van der Waals surface area contributed by atoms with Crippen LogP contribution < -0.4 is 0 Å². The molecule has 3 saturated heterocycles. The molecule has 1 spiro atoms. The zero-order chi connectivity index (χ0) is 15.5. The van der Waals surface area contributed by atoms with E-state index in [2.05, 4.69) is 9.80 Å². The van der Waals surface area contributed by atoms with Crippen LogP contribution in [0, 0.1) is 0 Å². The molecule has 3 aliphatic rings. The van der Waals surface area contributed by atoms with E-state index in [1.807, 2.05) is 12.1 Å². The molecular weight excluding hydrogens is 292 g/mol. The van der Waals surface area contributed by atoms with Crippen LogP contribution in [0.4, 0.5) is 0 Å². The molecule has 1 aromatic rings. The van der Waals surface area contributed by atoms with Gasteiger partial charge in [0.2, 0.25) is 0 Å². The van der Waals surface area contributed by atoms with Crippen molar-refractivity contribution in [3.63, 3.8) is 0 Å². The Morgan fingerprint density at radius 2 is 2.09 bits per heavy atom. The van der Waals surface area contributed by atoms with Gasteiger partial charge < -0.3 is 18.8 Å². The Balaban J connectivity index is 1.36. The first-order chi connectivity index (χ1) is 11.3. The van der Waals surface area contributed by atoms with E-state index in [9.17, 15) is 0 Å². The van der Waals surface area contributed by atoms with Gasteiger partial charge in [-0.25, -0.2) is 0 Å². The second kappa shape index (κ2) is 6.93. The van der Waals surface area contributed by atoms with Crippen molar-refractivity contribution in [1.29, 1.82) is 0 Å². The molecule has 5 heteroatoms. The number of hydrogen-bond acceptors (Lipinski definition) is 5. The molecule has 4 heterocycles. The summed E-state index contributed by atoms with van der Waals surface area (Å²) in [7, 11) is 0. The fourth-order valence-corrected chi connectivity index (χ4v) is 4.24. The minimum atomic E-state index is -0.118. The first kappa shape index (κ1) is 15.6. The summed E-state index contributed by atoms with van der Waals surface area (Å²) >= 11 is 0. The van der Waals surface area contributed by atoms with Crippen molar-refractivity contribution < 1.29 is 13.9 Å². The third-order valence-electron chi connectivity index (χ3n) is 5.39. The van der Waals surface area contributed by atoms with Crippen LogP contribution in [0.25, 0.3) is 0 Å². The summed E-state index contributed by atoms with van der Waals surface area (Å²) < 4.78 is 17.9. The second-order valence-electron chi connectivity index (χ2n) is 7.31. The number of ether oxygens (including phenoxy) is 2. The van der Waals surface area contributed by atoms with Crippen molar-refractivity contribution in [2.45, 2.75) is 43.9 Å². The molecule has 0 amide bonds. The van der Waals surface area contributed by atoms with Crippen LogP contribution in [-0.2, 0) is 16.0 Å². The van der Waals surface area contributed by atoms with Crippen molar-refractivity contribution in [2.75, 3.05) is 45.9 Å². The molecule has 23 heavy (non-hydrogen) atoms. The molecule has 0 aliphatic carbocycles. The average Bonchev–Trinajstić information content (AvgIpc) is 3.25. The van der Waals surface area contributed by atoms with Crippen molar-refractivity contribution >= 4 is 0 Å². The molecule has 1 aromatic heterocycles. The number of furan rings is 1. The molecule has 0 unspecified atom stereocenters. The standard InChI is InChI=1S/C18H28N2O3/c1-2-8-19(7-1)13-17-5-6-18(23-17)14-20(9-11-21-15-18)12-16-4-3-10-22-16/h3-4,10,17H,1-2,5-9,11-15H2/t17-,18+/m1/s1. The SMILES string of the molecule is c1coc(CN2CCOC[C@]3(CC[C@H](CN4CCCC4)O3)C2)c1. The van der Waals surface area contributed by atoms with E-state index in [0.29, 0.717) is 6.10 Å². The summed E-state index contributed by atoms with van der Waals surface area (Å²) in [6.07, 6.45) is 7.09. The van der Waals surface area contributed by atoms with E-state index in [0.717, 1.165) is 58.0 Å². The Hall–Kier alpha value is -0.880. The van der Waals surface area contributed by atoms with Gasteiger partial charge in [-0.2, -0.15) is 0 Å². The van der Waals surface area contributed by atoms with Crippen LogP contribution in [0.5, 0.6) is 0 Å². The highest BCUT2D eigenvalue weighted by atomic mass is 16.6. The van der Waals surface area contributed by atoms with Gasteiger partial charge in [0, 0.05) is 19.6 Å². The van der Waals surface area contributed by atoms with Gasteiger partial charge in [0.15, 0.2) is 0 Å². The minimum absolute atomic E-state index is 0.118. The van der Waals surface area contributed by atoms with Crippen molar-refractivity contribution in [1.82, 2.24) is 9.80 Å². The smallest absolute Gasteiger partial charge is 0.117 e. The zero-order valence-corrected chi connectivity index (χ0v) is 13.9. The van der Waals surface area contributed by atoms with Gasteiger partial charge in [-0.3, -0.25) is 4.90 Å². The van der Waals surface area contributed by atoms with Gasteiger partial charge >= 0.3 is 0 Å². The molecule has 4 rings (SSSR count).